The Morgan fingerprint density at radius 2 is 1.83 bits per heavy atom. The van der Waals surface area contributed by atoms with E-state index >= 15 is 0 Å². The summed E-state index contributed by atoms with van der Waals surface area (Å²) in [7, 11) is -3.38. The lowest BCUT2D eigenvalue weighted by molar-refractivity contribution is -0.120. The van der Waals surface area contributed by atoms with Crippen molar-refractivity contribution in [3.63, 3.8) is 0 Å². The van der Waals surface area contributed by atoms with Gasteiger partial charge in [0.25, 0.3) is 0 Å². The summed E-state index contributed by atoms with van der Waals surface area (Å²) < 4.78 is 32.4. The minimum atomic E-state index is -3.38. The van der Waals surface area contributed by atoms with Crippen LogP contribution < -0.4 is 10.1 Å². The maximum absolute atomic E-state index is 12.7. The molecular formula is C22H28N2O4S. The van der Waals surface area contributed by atoms with Crippen LogP contribution in [0.2, 0.25) is 0 Å². The van der Waals surface area contributed by atoms with E-state index in [1.165, 1.54) is 4.31 Å². The van der Waals surface area contributed by atoms with Crippen molar-refractivity contribution in [3.8, 4) is 5.75 Å². The number of nitrogens with one attached hydrogen (secondary N) is 1. The largest absolute Gasteiger partial charge is 0.494 e. The second-order valence-electron chi connectivity index (χ2n) is 7.37. The number of sulfonamides is 1. The molecule has 2 aromatic carbocycles. The summed E-state index contributed by atoms with van der Waals surface area (Å²) >= 11 is 0. The number of amides is 1. The van der Waals surface area contributed by atoms with Crippen LogP contribution in [0.15, 0.2) is 48.5 Å². The van der Waals surface area contributed by atoms with E-state index in [0.717, 1.165) is 11.1 Å². The molecule has 1 heterocycles. The van der Waals surface area contributed by atoms with E-state index in [1.54, 1.807) is 6.07 Å². The number of nitrogens with zero attached hydrogens (tertiary/aromatic N) is 1. The molecule has 1 fully saturated rings. The first-order valence-electron chi connectivity index (χ1n) is 9.94. The second kappa shape index (κ2) is 9.41. The van der Waals surface area contributed by atoms with E-state index in [-0.39, 0.29) is 17.6 Å². The average molecular weight is 417 g/mol. The van der Waals surface area contributed by atoms with Gasteiger partial charge in [0.15, 0.2) is 0 Å². The zero-order valence-electron chi connectivity index (χ0n) is 16.9. The van der Waals surface area contributed by atoms with E-state index < -0.39 is 10.0 Å². The summed E-state index contributed by atoms with van der Waals surface area (Å²) in [4.78, 5) is 12.6. The van der Waals surface area contributed by atoms with Crippen LogP contribution in [0.25, 0.3) is 0 Å². The lowest BCUT2D eigenvalue weighted by Crippen LogP contribution is -2.41. The van der Waals surface area contributed by atoms with Gasteiger partial charge in [0.05, 0.1) is 12.4 Å². The van der Waals surface area contributed by atoms with E-state index in [0.29, 0.717) is 44.0 Å². The minimum absolute atomic E-state index is 0.00559. The maximum Gasteiger partial charge on any atom is 0.227 e. The highest BCUT2D eigenvalue weighted by Gasteiger charge is 2.31. The number of carbonyl (C=O) groups excluding carboxylic acids is 1. The number of piperidine rings is 1. The summed E-state index contributed by atoms with van der Waals surface area (Å²) in [6, 6.07) is 14.8. The highest BCUT2D eigenvalue weighted by molar-refractivity contribution is 7.88. The molecule has 1 N–H and O–H groups in total. The summed E-state index contributed by atoms with van der Waals surface area (Å²) in [5.74, 6) is 0.432. The van der Waals surface area contributed by atoms with Gasteiger partial charge in [0.2, 0.25) is 15.9 Å². The van der Waals surface area contributed by atoms with Crippen LogP contribution in [0, 0.1) is 12.8 Å². The predicted molar refractivity (Wildman–Crippen MR) is 114 cm³/mol. The SMILES string of the molecule is CCOc1cccc(NC(=O)C2CCN(S(=O)(=O)Cc3ccc(C)cc3)CC2)c1. The van der Waals surface area contributed by atoms with Gasteiger partial charge in [0, 0.05) is 30.8 Å². The Morgan fingerprint density at radius 3 is 2.48 bits per heavy atom. The molecule has 0 spiro atoms. The van der Waals surface area contributed by atoms with Crippen LogP contribution in [-0.2, 0) is 20.6 Å². The second-order valence-corrected chi connectivity index (χ2v) is 9.33. The Kier molecular flexibility index (Phi) is 6.92. The van der Waals surface area contributed by atoms with Gasteiger partial charge in [0.1, 0.15) is 5.75 Å². The van der Waals surface area contributed by atoms with Crippen molar-refractivity contribution in [2.75, 3.05) is 25.0 Å². The van der Waals surface area contributed by atoms with Crippen molar-refractivity contribution < 1.29 is 17.9 Å². The monoisotopic (exact) mass is 416 g/mol. The molecule has 3 rings (SSSR count). The third-order valence-corrected chi connectivity index (χ3v) is 6.95. The molecule has 0 saturated carbocycles. The minimum Gasteiger partial charge on any atom is -0.494 e. The third-order valence-electron chi connectivity index (χ3n) is 5.10. The molecule has 1 saturated heterocycles. The zero-order valence-corrected chi connectivity index (χ0v) is 17.7. The van der Waals surface area contributed by atoms with Gasteiger partial charge < -0.3 is 10.1 Å². The fourth-order valence-corrected chi connectivity index (χ4v) is 5.02. The number of hydrogen-bond donors (Lipinski definition) is 1. The third kappa shape index (κ3) is 5.81. The van der Waals surface area contributed by atoms with Gasteiger partial charge in [-0.25, -0.2) is 12.7 Å². The molecule has 0 atom stereocenters. The smallest absolute Gasteiger partial charge is 0.227 e. The van der Waals surface area contributed by atoms with E-state index in [1.807, 2.05) is 56.3 Å². The molecule has 0 radical (unpaired) electrons. The van der Waals surface area contributed by atoms with Gasteiger partial charge in [-0.05, 0) is 44.4 Å². The van der Waals surface area contributed by atoms with Gasteiger partial charge in [-0.15, -0.1) is 0 Å². The molecule has 6 nitrogen and oxygen atoms in total. The Hall–Kier alpha value is -2.38. The number of ether oxygens (including phenoxy) is 1. The van der Waals surface area contributed by atoms with Crippen LogP contribution in [0.4, 0.5) is 5.69 Å². The number of rotatable bonds is 7. The first-order valence-corrected chi connectivity index (χ1v) is 11.6. The number of hydrogen-bond acceptors (Lipinski definition) is 4. The lowest BCUT2D eigenvalue weighted by Gasteiger charge is -2.30. The fraction of sp³-hybridized carbons (Fsp3) is 0.409. The lowest BCUT2D eigenvalue weighted by atomic mass is 9.97. The van der Waals surface area contributed by atoms with Crippen molar-refractivity contribution in [1.82, 2.24) is 4.31 Å². The first kappa shape index (κ1) is 21.3. The molecule has 0 unspecified atom stereocenters. The summed E-state index contributed by atoms with van der Waals surface area (Å²) in [6.07, 6.45) is 1.04. The van der Waals surface area contributed by atoms with Crippen LogP contribution in [-0.4, -0.2) is 38.3 Å². The van der Waals surface area contributed by atoms with Crippen molar-refractivity contribution in [1.29, 1.82) is 0 Å². The molecular weight excluding hydrogens is 388 g/mol. The van der Waals surface area contributed by atoms with Crippen molar-refractivity contribution >= 4 is 21.6 Å². The fourth-order valence-electron chi connectivity index (χ4n) is 3.46. The molecule has 0 aromatic heterocycles. The van der Waals surface area contributed by atoms with Crippen LogP contribution >= 0.6 is 0 Å². The van der Waals surface area contributed by atoms with Gasteiger partial charge in [-0.1, -0.05) is 35.9 Å². The van der Waals surface area contributed by atoms with Gasteiger partial charge in [-0.2, -0.15) is 0 Å². The highest BCUT2D eigenvalue weighted by atomic mass is 32.2. The van der Waals surface area contributed by atoms with Gasteiger partial charge >= 0.3 is 0 Å². The Bertz CT molecular complexity index is 934. The average Bonchev–Trinajstić information content (AvgIpc) is 2.70. The van der Waals surface area contributed by atoms with E-state index in [2.05, 4.69) is 5.32 Å². The maximum atomic E-state index is 12.7. The zero-order chi connectivity index (χ0) is 20.9. The molecule has 1 amide bonds. The molecule has 1 aliphatic rings. The Balaban J connectivity index is 1.54. The molecule has 7 heteroatoms. The first-order chi connectivity index (χ1) is 13.9. The summed E-state index contributed by atoms with van der Waals surface area (Å²) in [5.41, 5.74) is 2.57. The van der Waals surface area contributed by atoms with Crippen LogP contribution in [0.5, 0.6) is 5.75 Å². The van der Waals surface area contributed by atoms with Crippen molar-refractivity contribution in [3.05, 3.63) is 59.7 Å². The Labute approximate surface area is 172 Å². The topological polar surface area (TPSA) is 75.7 Å². The number of benzene rings is 2. The molecule has 2 aromatic rings. The van der Waals surface area contributed by atoms with Crippen molar-refractivity contribution in [2.45, 2.75) is 32.4 Å². The molecule has 0 aliphatic carbocycles. The predicted octanol–water partition coefficient (Wildman–Crippen LogP) is 3.57. The normalized spacial score (nSPS) is 15.8. The Morgan fingerprint density at radius 1 is 1.14 bits per heavy atom. The molecule has 0 bridgehead atoms. The summed E-state index contributed by atoms with van der Waals surface area (Å²) in [5, 5.41) is 2.92. The molecule has 156 valence electrons. The standard InChI is InChI=1S/C22H28N2O4S/c1-3-28-21-6-4-5-20(15-21)23-22(25)19-11-13-24(14-12-19)29(26,27)16-18-9-7-17(2)8-10-18/h4-10,15,19H,3,11-14,16H2,1-2H3,(H,23,25). The molecule has 29 heavy (non-hydrogen) atoms. The van der Waals surface area contributed by atoms with Crippen molar-refractivity contribution in [2.24, 2.45) is 5.92 Å². The molecule has 1 aliphatic heterocycles. The van der Waals surface area contributed by atoms with Gasteiger partial charge in [-0.3, -0.25) is 4.79 Å². The van der Waals surface area contributed by atoms with Crippen LogP contribution in [0.3, 0.4) is 0 Å². The number of carbonyl (C=O) groups is 1. The quantitative estimate of drug-likeness (QED) is 0.749. The van der Waals surface area contributed by atoms with E-state index in [9.17, 15) is 13.2 Å². The number of anilines is 1. The number of aryl methyl sites for hydroxylation is 1. The summed E-state index contributed by atoms with van der Waals surface area (Å²) in [6.45, 7) is 5.18. The highest BCUT2D eigenvalue weighted by Crippen LogP contribution is 2.24. The van der Waals surface area contributed by atoms with E-state index in [4.69, 9.17) is 4.74 Å². The van der Waals surface area contributed by atoms with Crippen LogP contribution in [0.1, 0.15) is 30.9 Å².